The highest BCUT2D eigenvalue weighted by Gasteiger charge is 2.22. The molecule has 1 aromatic heterocycles. The van der Waals surface area contributed by atoms with E-state index in [4.69, 9.17) is 0 Å². The summed E-state index contributed by atoms with van der Waals surface area (Å²) in [7, 11) is 0. The topological polar surface area (TPSA) is 79.3 Å². The lowest BCUT2D eigenvalue weighted by molar-refractivity contribution is -0.139. The number of carbonyl (C=O) groups is 2. The standard InChI is InChI=1S/C31H30N2O3/c1-31(2,3)25-18-16-24(17-19-25)26-10-7-11-27(32-26)29(34)33-28(30(35)36)20-21-12-14-23(15-13-21)22-8-5-4-6-9-22/h4-19,28H,20H2,1-3H3,(H,33,34)(H,35,36)/t28-/m0/s1. The molecule has 0 spiro atoms. The molecular formula is C31H30N2O3. The van der Waals surface area contributed by atoms with Crippen LogP contribution in [-0.2, 0) is 16.6 Å². The molecule has 5 heteroatoms. The van der Waals surface area contributed by atoms with Crippen LogP contribution in [0.4, 0.5) is 0 Å². The van der Waals surface area contributed by atoms with Gasteiger partial charge >= 0.3 is 5.97 Å². The number of carbonyl (C=O) groups excluding carboxylic acids is 1. The SMILES string of the molecule is CC(C)(C)c1ccc(-c2cccc(C(=O)N[C@@H](Cc3ccc(-c4ccccc4)cc3)C(=O)O)n2)cc1. The monoisotopic (exact) mass is 478 g/mol. The van der Waals surface area contributed by atoms with Gasteiger partial charge in [0.05, 0.1) is 5.69 Å². The number of benzene rings is 3. The smallest absolute Gasteiger partial charge is 0.326 e. The van der Waals surface area contributed by atoms with E-state index in [2.05, 4.69) is 43.2 Å². The van der Waals surface area contributed by atoms with Crippen LogP contribution in [0.1, 0.15) is 42.4 Å². The number of carboxylic acids is 1. The zero-order chi connectivity index (χ0) is 25.7. The lowest BCUT2D eigenvalue weighted by Crippen LogP contribution is -2.42. The van der Waals surface area contributed by atoms with E-state index in [9.17, 15) is 14.7 Å². The molecule has 0 fully saturated rings. The van der Waals surface area contributed by atoms with Gasteiger partial charge in [0, 0.05) is 12.0 Å². The molecule has 1 amide bonds. The first kappa shape index (κ1) is 24.9. The van der Waals surface area contributed by atoms with Gasteiger partial charge in [0.2, 0.25) is 0 Å². The van der Waals surface area contributed by atoms with Gasteiger partial charge in [-0.2, -0.15) is 0 Å². The van der Waals surface area contributed by atoms with Crippen molar-refractivity contribution >= 4 is 11.9 Å². The highest BCUT2D eigenvalue weighted by atomic mass is 16.4. The van der Waals surface area contributed by atoms with Crippen molar-refractivity contribution < 1.29 is 14.7 Å². The van der Waals surface area contributed by atoms with E-state index in [1.807, 2.05) is 72.8 Å². The Hall–Kier alpha value is -4.25. The zero-order valence-corrected chi connectivity index (χ0v) is 20.7. The fraction of sp³-hybridized carbons (Fsp3) is 0.194. The molecule has 4 rings (SSSR count). The third-order valence-electron chi connectivity index (χ3n) is 6.13. The van der Waals surface area contributed by atoms with Crippen LogP contribution >= 0.6 is 0 Å². The largest absolute Gasteiger partial charge is 0.480 e. The second kappa shape index (κ2) is 10.6. The fourth-order valence-corrected chi connectivity index (χ4v) is 3.99. The summed E-state index contributed by atoms with van der Waals surface area (Å²) >= 11 is 0. The van der Waals surface area contributed by atoms with Gasteiger partial charge in [0.15, 0.2) is 0 Å². The van der Waals surface area contributed by atoms with Gasteiger partial charge in [0.25, 0.3) is 5.91 Å². The molecule has 1 heterocycles. The van der Waals surface area contributed by atoms with Crippen LogP contribution in [-0.4, -0.2) is 28.0 Å². The Morgan fingerprint density at radius 3 is 2.00 bits per heavy atom. The Morgan fingerprint density at radius 2 is 1.39 bits per heavy atom. The predicted octanol–water partition coefficient (Wildman–Crippen LogP) is 6.14. The summed E-state index contributed by atoms with van der Waals surface area (Å²) in [6.07, 6.45) is 0.171. The Balaban J connectivity index is 1.46. The number of hydrogen-bond acceptors (Lipinski definition) is 3. The summed E-state index contributed by atoms with van der Waals surface area (Å²) in [5.74, 6) is -1.61. The summed E-state index contributed by atoms with van der Waals surface area (Å²) < 4.78 is 0. The molecule has 2 N–H and O–H groups in total. The van der Waals surface area contributed by atoms with Gasteiger partial charge in [0.1, 0.15) is 11.7 Å². The number of aromatic nitrogens is 1. The molecule has 0 aliphatic carbocycles. The molecule has 5 nitrogen and oxygen atoms in total. The number of hydrogen-bond donors (Lipinski definition) is 2. The van der Waals surface area contributed by atoms with Gasteiger partial charge in [-0.05, 0) is 39.8 Å². The van der Waals surface area contributed by atoms with Crippen LogP contribution in [0, 0.1) is 0 Å². The van der Waals surface area contributed by atoms with Crippen molar-refractivity contribution in [2.75, 3.05) is 0 Å². The number of nitrogens with one attached hydrogen (secondary N) is 1. The molecule has 0 aliphatic rings. The first-order chi connectivity index (χ1) is 17.2. The Morgan fingerprint density at radius 1 is 0.778 bits per heavy atom. The summed E-state index contributed by atoms with van der Waals surface area (Å²) in [5, 5.41) is 12.4. The minimum absolute atomic E-state index is 0.0431. The summed E-state index contributed by atoms with van der Waals surface area (Å²) in [6, 6.07) is 29.9. The highest BCUT2D eigenvalue weighted by molar-refractivity contribution is 5.95. The molecule has 0 saturated heterocycles. The third kappa shape index (κ3) is 6.05. The quantitative estimate of drug-likeness (QED) is 0.334. The van der Waals surface area contributed by atoms with Gasteiger partial charge in [-0.1, -0.05) is 106 Å². The average Bonchev–Trinajstić information content (AvgIpc) is 2.89. The molecule has 182 valence electrons. The first-order valence-corrected chi connectivity index (χ1v) is 12.0. The Labute approximate surface area is 211 Å². The molecule has 0 saturated carbocycles. The Bertz CT molecular complexity index is 1340. The van der Waals surface area contributed by atoms with Crippen LogP contribution in [0.25, 0.3) is 22.4 Å². The third-order valence-corrected chi connectivity index (χ3v) is 6.13. The van der Waals surface area contributed by atoms with E-state index in [1.54, 1.807) is 12.1 Å². The molecule has 4 aromatic rings. The fourth-order valence-electron chi connectivity index (χ4n) is 3.99. The zero-order valence-electron chi connectivity index (χ0n) is 20.7. The number of amides is 1. The maximum atomic E-state index is 12.9. The number of carboxylic acid groups (broad SMARTS) is 1. The van der Waals surface area contributed by atoms with Crippen molar-refractivity contribution in [1.82, 2.24) is 10.3 Å². The van der Waals surface area contributed by atoms with Crippen LogP contribution < -0.4 is 5.32 Å². The molecule has 3 aromatic carbocycles. The van der Waals surface area contributed by atoms with Crippen molar-refractivity contribution in [2.24, 2.45) is 0 Å². The summed E-state index contributed by atoms with van der Waals surface area (Å²) in [6.45, 7) is 6.46. The predicted molar refractivity (Wildman–Crippen MR) is 143 cm³/mol. The van der Waals surface area contributed by atoms with Crippen molar-refractivity contribution in [3.63, 3.8) is 0 Å². The second-order valence-electron chi connectivity index (χ2n) is 9.87. The molecule has 1 atom stereocenters. The van der Waals surface area contributed by atoms with E-state index in [0.717, 1.165) is 22.3 Å². The van der Waals surface area contributed by atoms with E-state index in [0.29, 0.717) is 5.69 Å². The van der Waals surface area contributed by atoms with E-state index >= 15 is 0 Å². The number of rotatable bonds is 7. The summed E-state index contributed by atoms with van der Waals surface area (Å²) in [5.41, 5.74) is 5.94. The van der Waals surface area contributed by atoms with E-state index in [-0.39, 0.29) is 17.5 Å². The summed E-state index contributed by atoms with van der Waals surface area (Å²) in [4.78, 5) is 29.3. The van der Waals surface area contributed by atoms with Gasteiger partial charge in [-0.25, -0.2) is 9.78 Å². The number of nitrogens with zero attached hydrogens (tertiary/aromatic N) is 1. The highest BCUT2D eigenvalue weighted by Crippen LogP contribution is 2.25. The molecule has 0 aliphatic heterocycles. The minimum Gasteiger partial charge on any atom is -0.480 e. The molecular weight excluding hydrogens is 448 g/mol. The minimum atomic E-state index is -1.09. The van der Waals surface area contributed by atoms with Crippen LogP contribution in [0.15, 0.2) is 97.1 Å². The molecule has 0 bridgehead atoms. The van der Waals surface area contributed by atoms with Crippen molar-refractivity contribution in [1.29, 1.82) is 0 Å². The van der Waals surface area contributed by atoms with Crippen molar-refractivity contribution in [2.45, 2.75) is 38.6 Å². The maximum absolute atomic E-state index is 12.9. The van der Waals surface area contributed by atoms with Crippen LogP contribution in [0.5, 0.6) is 0 Å². The first-order valence-electron chi connectivity index (χ1n) is 12.0. The van der Waals surface area contributed by atoms with Gasteiger partial charge < -0.3 is 10.4 Å². The van der Waals surface area contributed by atoms with Crippen molar-refractivity contribution in [3.8, 4) is 22.4 Å². The lowest BCUT2D eigenvalue weighted by Gasteiger charge is -2.19. The normalized spacial score (nSPS) is 12.1. The van der Waals surface area contributed by atoms with Gasteiger partial charge in [-0.3, -0.25) is 4.79 Å². The van der Waals surface area contributed by atoms with E-state index < -0.39 is 17.9 Å². The Kier molecular flexibility index (Phi) is 7.30. The van der Waals surface area contributed by atoms with Crippen LogP contribution in [0.3, 0.4) is 0 Å². The van der Waals surface area contributed by atoms with E-state index in [1.165, 1.54) is 5.56 Å². The molecule has 0 unspecified atom stereocenters. The van der Waals surface area contributed by atoms with Crippen LogP contribution in [0.2, 0.25) is 0 Å². The number of pyridine rings is 1. The lowest BCUT2D eigenvalue weighted by atomic mass is 9.86. The molecule has 0 radical (unpaired) electrons. The molecule has 36 heavy (non-hydrogen) atoms. The second-order valence-corrected chi connectivity index (χ2v) is 9.87. The maximum Gasteiger partial charge on any atom is 0.326 e. The number of aliphatic carboxylic acids is 1. The van der Waals surface area contributed by atoms with Crippen molar-refractivity contribution in [3.05, 3.63) is 114 Å². The average molecular weight is 479 g/mol. The van der Waals surface area contributed by atoms with Gasteiger partial charge in [-0.15, -0.1) is 0 Å².